The van der Waals surface area contributed by atoms with Gasteiger partial charge in [-0.1, -0.05) is 6.07 Å². The lowest BCUT2D eigenvalue weighted by atomic mass is 10.2. The van der Waals surface area contributed by atoms with E-state index in [1.165, 1.54) is 18.2 Å². The van der Waals surface area contributed by atoms with Crippen molar-refractivity contribution in [2.45, 2.75) is 25.4 Å². The van der Waals surface area contributed by atoms with Gasteiger partial charge in [-0.05, 0) is 25.0 Å². The molecule has 0 unspecified atom stereocenters. The van der Waals surface area contributed by atoms with Gasteiger partial charge in [-0.25, -0.2) is 8.78 Å². The number of carbonyl (C=O) groups is 1. The zero-order chi connectivity index (χ0) is 12.0. The summed E-state index contributed by atoms with van der Waals surface area (Å²) in [6.07, 6.45) is 2.24. The normalized spacial score (nSPS) is 13.9. The number of hydrogen-bond acceptors (Lipinski definition) is 2. The van der Waals surface area contributed by atoms with E-state index in [1.807, 2.05) is 0 Å². The number of rotatable bonds is 3. The Bertz CT molecular complexity index is 334. The van der Waals surface area contributed by atoms with Crippen LogP contribution in [0.3, 0.4) is 0 Å². The van der Waals surface area contributed by atoms with Gasteiger partial charge in [0.05, 0.1) is 0 Å². The zero-order valence-corrected chi connectivity index (χ0v) is 8.62. The molecule has 1 saturated carbocycles. The number of carboxylic acid groups (broad SMARTS) is 1. The topological polar surface area (TPSA) is 49.3 Å². The van der Waals surface area contributed by atoms with E-state index in [0.717, 1.165) is 12.8 Å². The van der Waals surface area contributed by atoms with Gasteiger partial charge in [0.25, 0.3) is 6.47 Å². The van der Waals surface area contributed by atoms with Gasteiger partial charge in [0.2, 0.25) is 0 Å². The number of nitrogens with one attached hydrogen (secondary N) is 1. The molecule has 0 spiro atoms. The van der Waals surface area contributed by atoms with E-state index < -0.39 is 11.6 Å². The fourth-order valence-corrected chi connectivity index (χ4v) is 1.24. The molecule has 0 aliphatic heterocycles. The third-order valence-electron chi connectivity index (χ3n) is 2.21. The molecular weight excluding hydrogens is 216 g/mol. The second-order valence-corrected chi connectivity index (χ2v) is 3.46. The predicted octanol–water partition coefficient (Wildman–Crippen LogP) is 1.92. The molecule has 2 N–H and O–H groups in total. The molecule has 16 heavy (non-hydrogen) atoms. The monoisotopic (exact) mass is 229 g/mol. The molecule has 0 heterocycles. The first-order valence-electron chi connectivity index (χ1n) is 4.93. The Kier molecular flexibility index (Phi) is 4.85. The predicted molar refractivity (Wildman–Crippen MR) is 54.9 cm³/mol. The summed E-state index contributed by atoms with van der Waals surface area (Å²) in [7, 11) is 0. The first-order valence-corrected chi connectivity index (χ1v) is 4.93. The minimum Gasteiger partial charge on any atom is -0.483 e. The SMILES string of the molecule is Fc1cccc(F)c1CNC1CC1.O=CO. The van der Waals surface area contributed by atoms with Crippen LogP contribution >= 0.6 is 0 Å². The van der Waals surface area contributed by atoms with Crippen LogP contribution in [-0.2, 0) is 11.3 Å². The zero-order valence-electron chi connectivity index (χ0n) is 8.62. The van der Waals surface area contributed by atoms with Crippen LogP contribution in [0.2, 0.25) is 0 Å². The summed E-state index contributed by atoms with van der Waals surface area (Å²) in [6.45, 7) is 0.0448. The maximum absolute atomic E-state index is 13.0. The first-order chi connectivity index (χ1) is 7.69. The Labute approximate surface area is 92.1 Å². The molecule has 0 atom stereocenters. The van der Waals surface area contributed by atoms with Crippen molar-refractivity contribution < 1.29 is 18.7 Å². The fourth-order valence-electron chi connectivity index (χ4n) is 1.24. The second-order valence-electron chi connectivity index (χ2n) is 3.46. The van der Waals surface area contributed by atoms with Crippen LogP contribution in [0, 0.1) is 11.6 Å². The number of hydrogen-bond donors (Lipinski definition) is 2. The van der Waals surface area contributed by atoms with Gasteiger partial charge in [-0.2, -0.15) is 0 Å². The molecule has 1 fully saturated rings. The Morgan fingerprint density at radius 2 is 1.88 bits per heavy atom. The summed E-state index contributed by atoms with van der Waals surface area (Å²) in [4.78, 5) is 8.36. The van der Waals surface area contributed by atoms with Crippen LogP contribution in [0.4, 0.5) is 8.78 Å². The summed E-state index contributed by atoms with van der Waals surface area (Å²) in [5.74, 6) is -0.929. The second kappa shape index (κ2) is 6.17. The Balaban J connectivity index is 0.000000386. The summed E-state index contributed by atoms with van der Waals surface area (Å²) < 4.78 is 26.1. The van der Waals surface area contributed by atoms with E-state index in [4.69, 9.17) is 9.90 Å². The summed E-state index contributed by atoms with van der Waals surface area (Å²) >= 11 is 0. The third-order valence-corrected chi connectivity index (χ3v) is 2.21. The van der Waals surface area contributed by atoms with Gasteiger partial charge in [0.15, 0.2) is 0 Å². The third kappa shape index (κ3) is 3.94. The van der Waals surface area contributed by atoms with Gasteiger partial charge < -0.3 is 10.4 Å². The van der Waals surface area contributed by atoms with Gasteiger partial charge >= 0.3 is 0 Å². The standard InChI is InChI=1S/C10H11F2N.CH2O2/c11-9-2-1-3-10(12)8(9)6-13-7-4-5-7;2-1-3/h1-3,7,13H,4-6H2;1H,(H,2,3). The van der Waals surface area contributed by atoms with Crippen molar-refractivity contribution in [1.82, 2.24) is 5.32 Å². The van der Waals surface area contributed by atoms with E-state index in [0.29, 0.717) is 12.6 Å². The Morgan fingerprint density at radius 3 is 2.31 bits per heavy atom. The van der Waals surface area contributed by atoms with Crippen LogP contribution in [0.1, 0.15) is 18.4 Å². The molecule has 0 bridgehead atoms. The van der Waals surface area contributed by atoms with Gasteiger partial charge in [-0.15, -0.1) is 0 Å². The van der Waals surface area contributed by atoms with E-state index in [1.54, 1.807) is 0 Å². The molecule has 1 aromatic carbocycles. The fraction of sp³-hybridized carbons (Fsp3) is 0.364. The van der Waals surface area contributed by atoms with Crippen LogP contribution in [-0.4, -0.2) is 17.6 Å². The molecule has 0 radical (unpaired) electrons. The molecule has 0 amide bonds. The molecule has 88 valence electrons. The molecule has 5 heteroatoms. The van der Waals surface area contributed by atoms with E-state index >= 15 is 0 Å². The highest BCUT2D eigenvalue weighted by atomic mass is 19.1. The van der Waals surface area contributed by atoms with Gasteiger partial charge in [0, 0.05) is 18.2 Å². The van der Waals surface area contributed by atoms with Crippen LogP contribution < -0.4 is 5.32 Å². The van der Waals surface area contributed by atoms with Crippen molar-refractivity contribution in [1.29, 1.82) is 0 Å². The highest BCUT2D eigenvalue weighted by Crippen LogP contribution is 2.20. The van der Waals surface area contributed by atoms with E-state index in [9.17, 15) is 8.78 Å². The van der Waals surface area contributed by atoms with Crippen LogP contribution in [0.25, 0.3) is 0 Å². The lowest BCUT2D eigenvalue weighted by molar-refractivity contribution is -0.122. The minimum absolute atomic E-state index is 0.148. The van der Waals surface area contributed by atoms with Crippen molar-refractivity contribution in [3.63, 3.8) is 0 Å². The van der Waals surface area contributed by atoms with Gasteiger partial charge in [-0.3, -0.25) is 4.79 Å². The Morgan fingerprint density at radius 1 is 1.38 bits per heavy atom. The minimum atomic E-state index is -0.465. The van der Waals surface area contributed by atoms with Crippen molar-refractivity contribution in [2.24, 2.45) is 0 Å². The highest BCUT2D eigenvalue weighted by molar-refractivity contribution is 5.32. The molecule has 0 saturated heterocycles. The smallest absolute Gasteiger partial charge is 0.290 e. The summed E-state index contributed by atoms with van der Waals surface area (Å²) in [5, 5.41) is 9.96. The van der Waals surface area contributed by atoms with Crippen LogP contribution in [0.5, 0.6) is 0 Å². The largest absolute Gasteiger partial charge is 0.483 e. The quantitative estimate of drug-likeness (QED) is 0.778. The molecule has 1 aliphatic rings. The molecule has 3 nitrogen and oxygen atoms in total. The number of halogens is 2. The number of benzene rings is 1. The molecular formula is C11H13F2NO2. The summed E-state index contributed by atoms with van der Waals surface area (Å²) in [5.41, 5.74) is 0.148. The average molecular weight is 229 g/mol. The van der Waals surface area contributed by atoms with Crippen molar-refractivity contribution in [3.05, 3.63) is 35.4 Å². The van der Waals surface area contributed by atoms with Gasteiger partial charge in [0.1, 0.15) is 11.6 Å². The molecule has 1 aliphatic carbocycles. The van der Waals surface area contributed by atoms with E-state index in [-0.39, 0.29) is 12.0 Å². The maximum atomic E-state index is 13.0. The molecule has 2 rings (SSSR count). The Hall–Kier alpha value is -1.49. The van der Waals surface area contributed by atoms with Crippen molar-refractivity contribution in [2.75, 3.05) is 0 Å². The highest BCUT2D eigenvalue weighted by Gasteiger charge is 2.21. The molecule has 0 aromatic heterocycles. The summed E-state index contributed by atoms with van der Waals surface area (Å²) in [6, 6.07) is 4.42. The van der Waals surface area contributed by atoms with Crippen molar-refractivity contribution >= 4 is 6.47 Å². The molecule has 1 aromatic rings. The lowest BCUT2D eigenvalue weighted by Crippen LogP contribution is -2.17. The van der Waals surface area contributed by atoms with Crippen LogP contribution in [0.15, 0.2) is 18.2 Å². The van der Waals surface area contributed by atoms with Crippen molar-refractivity contribution in [3.8, 4) is 0 Å². The average Bonchev–Trinajstić information content (AvgIpc) is 3.02. The lowest BCUT2D eigenvalue weighted by Gasteiger charge is -2.05. The van der Waals surface area contributed by atoms with E-state index in [2.05, 4.69) is 5.32 Å². The maximum Gasteiger partial charge on any atom is 0.290 e. The first kappa shape index (κ1) is 12.6.